The minimum Gasteiger partial charge on any atom is -0.497 e. The third-order valence-electron chi connectivity index (χ3n) is 4.07. The summed E-state index contributed by atoms with van der Waals surface area (Å²) >= 11 is 0. The van der Waals surface area contributed by atoms with Gasteiger partial charge in [-0.2, -0.15) is 0 Å². The van der Waals surface area contributed by atoms with Gasteiger partial charge >= 0.3 is 0 Å². The highest BCUT2D eigenvalue weighted by molar-refractivity contribution is 5.38. The molecular weight excluding hydrogens is 246 g/mol. The number of fused-ring (bicyclic) bond motifs is 1. The highest BCUT2D eigenvalue weighted by Gasteiger charge is 2.21. The van der Waals surface area contributed by atoms with Crippen LogP contribution in [0.2, 0.25) is 0 Å². The van der Waals surface area contributed by atoms with E-state index in [1.807, 2.05) is 12.1 Å². The Kier molecular flexibility index (Phi) is 3.75. The van der Waals surface area contributed by atoms with Gasteiger partial charge in [0.1, 0.15) is 5.75 Å². The number of nitrogens with one attached hydrogen (secondary N) is 1. The number of rotatable bonds is 4. The van der Waals surface area contributed by atoms with Gasteiger partial charge in [0.15, 0.2) is 0 Å². The van der Waals surface area contributed by atoms with Crippen molar-refractivity contribution in [3.63, 3.8) is 0 Å². The molecule has 2 aromatic carbocycles. The van der Waals surface area contributed by atoms with Gasteiger partial charge in [0.05, 0.1) is 7.11 Å². The normalized spacial score (nSPS) is 17.0. The Morgan fingerprint density at radius 1 is 1.20 bits per heavy atom. The van der Waals surface area contributed by atoms with Crippen molar-refractivity contribution in [3.8, 4) is 5.75 Å². The lowest BCUT2D eigenvalue weighted by Gasteiger charge is -2.15. The number of methoxy groups -OCH3 is 1. The minimum atomic E-state index is 0.483. The van der Waals surface area contributed by atoms with E-state index in [0.717, 1.165) is 12.3 Å². The molecule has 0 saturated carbocycles. The van der Waals surface area contributed by atoms with Crippen molar-refractivity contribution in [2.45, 2.75) is 32.4 Å². The monoisotopic (exact) mass is 267 g/mol. The van der Waals surface area contributed by atoms with Crippen LogP contribution in [-0.4, -0.2) is 7.11 Å². The van der Waals surface area contributed by atoms with Crippen molar-refractivity contribution >= 4 is 0 Å². The number of ether oxygens (including phenoxy) is 1. The fourth-order valence-electron chi connectivity index (χ4n) is 2.96. The summed E-state index contributed by atoms with van der Waals surface area (Å²) < 4.78 is 5.27. The number of aryl methyl sites for hydroxylation is 2. The van der Waals surface area contributed by atoms with E-state index < -0.39 is 0 Å². The van der Waals surface area contributed by atoms with Crippen LogP contribution >= 0.6 is 0 Å². The molecule has 0 aromatic heterocycles. The highest BCUT2D eigenvalue weighted by atomic mass is 16.5. The van der Waals surface area contributed by atoms with Gasteiger partial charge in [0.25, 0.3) is 0 Å². The summed E-state index contributed by atoms with van der Waals surface area (Å²) in [4.78, 5) is 0. The zero-order chi connectivity index (χ0) is 13.9. The van der Waals surface area contributed by atoms with Crippen LogP contribution in [-0.2, 0) is 13.0 Å². The molecule has 2 nitrogen and oxygen atoms in total. The van der Waals surface area contributed by atoms with Gasteiger partial charge in [-0.1, -0.05) is 35.9 Å². The van der Waals surface area contributed by atoms with Crippen molar-refractivity contribution < 1.29 is 4.74 Å². The molecule has 0 fully saturated rings. The molecule has 0 radical (unpaired) electrons. The summed E-state index contributed by atoms with van der Waals surface area (Å²) in [5.74, 6) is 0.923. The van der Waals surface area contributed by atoms with Crippen LogP contribution in [0.1, 0.15) is 34.7 Å². The summed E-state index contributed by atoms with van der Waals surface area (Å²) in [6.07, 6.45) is 2.38. The molecule has 0 amide bonds. The second kappa shape index (κ2) is 5.68. The third kappa shape index (κ3) is 2.70. The summed E-state index contributed by atoms with van der Waals surface area (Å²) in [5.41, 5.74) is 5.59. The van der Waals surface area contributed by atoms with Crippen LogP contribution < -0.4 is 10.1 Å². The Hall–Kier alpha value is -1.80. The van der Waals surface area contributed by atoms with Crippen LogP contribution in [0.15, 0.2) is 42.5 Å². The molecule has 0 spiro atoms. The van der Waals surface area contributed by atoms with E-state index in [-0.39, 0.29) is 0 Å². The molecule has 104 valence electrons. The maximum Gasteiger partial charge on any atom is 0.119 e. The lowest BCUT2D eigenvalue weighted by atomic mass is 10.0. The van der Waals surface area contributed by atoms with Crippen LogP contribution in [0.5, 0.6) is 5.75 Å². The van der Waals surface area contributed by atoms with Crippen LogP contribution in [0.3, 0.4) is 0 Å². The topological polar surface area (TPSA) is 21.3 Å². The molecule has 1 N–H and O–H groups in total. The van der Waals surface area contributed by atoms with Gasteiger partial charge in [-0.3, -0.25) is 0 Å². The van der Waals surface area contributed by atoms with Crippen molar-refractivity contribution in [2.75, 3.05) is 7.11 Å². The molecule has 20 heavy (non-hydrogen) atoms. The van der Waals surface area contributed by atoms with Gasteiger partial charge in [-0.25, -0.2) is 0 Å². The van der Waals surface area contributed by atoms with Crippen molar-refractivity contribution in [3.05, 3.63) is 64.7 Å². The van der Waals surface area contributed by atoms with Crippen LogP contribution in [0.4, 0.5) is 0 Å². The molecule has 0 aliphatic heterocycles. The predicted octanol–water partition coefficient (Wildman–Crippen LogP) is 3.78. The lowest BCUT2D eigenvalue weighted by molar-refractivity contribution is 0.413. The first kappa shape index (κ1) is 13.2. The molecule has 3 rings (SSSR count). The van der Waals surface area contributed by atoms with E-state index >= 15 is 0 Å². The molecule has 0 heterocycles. The van der Waals surface area contributed by atoms with E-state index in [1.54, 1.807) is 7.11 Å². The zero-order valence-corrected chi connectivity index (χ0v) is 12.1. The van der Waals surface area contributed by atoms with Gasteiger partial charge in [-0.15, -0.1) is 0 Å². The quantitative estimate of drug-likeness (QED) is 0.910. The second-order valence-corrected chi connectivity index (χ2v) is 5.53. The summed E-state index contributed by atoms with van der Waals surface area (Å²) in [5, 5.41) is 3.68. The molecule has 1 aliphatic carbocycles. The van der Waals surface area contributed by atoms with Crippen LogP contribution in [0.25, 0.3) is 0 Å². The number of hydrogen-bond acceptors (Lipinski definition) is 2. The van der Waals surface area contributed by atoms with E-state index in [9.17, 15) is 0 Å². The van der Waals surface area contributed by atoms with Crippen LogP contribution in [0, 0.1) is 6.92 Å². The summed E-state index contributed by atoms with van der Waals surface area (Å²) in [6.45, 7) is 3.05. The zero-order valence-electron chi connectivity index (χ0n) is 12.1. The van der Waals surface area contributed by atoms with Crippen molar-refractivity contribution in [1.82, 2.24) is 5.32 Å². The van der Waals surface area contributed by atoms with Gasteiger partial charge in [0.2, 0.25) is 0 Å². The molecule has 1 unspecified atom stereocenters. The van der Waals surface area contributed by atoms with E-state index in [0.29, 0.717) is 6.04 Å². The molecule has 2 aromatic rings. The standard InChI is InChI=1S/C18H21NO/c1-13-6-7-15-8-9-18(17(15)10-13)19-12-14-4-3-5-16(11-14)20-2/h3-7,10-11,18-19H,8-9,12H2,1-2H3. The Morgan fingerprint density at radius 2 is 2.10 bits per heavy atom. The molecule has 1 aliphatic rings. The second-order valence-electron chi connectivity index (χ2n) is 5.53. The van der Waals surface area contributed by atoms with Gasteiger partial charge in [0, 0.05) is 12.6 Å². The largest absolute Gasteiger partial charge is 0.497 e. The van der Waals surface area contributed by atoms with E-state index in [2.05, 4.69) is 42.6 Å². The predicted molar refractivity (Wildman–Crippen MR) is 82.1 cm³/mol. The fourth-order valence-corrected chi connectivity index (χ4v) is 2.96. The molecule has 1 atom stereocenters. The van der Waals surface area contributed by atoms with E-state index in [4.69, 9.17) is 4.74 Å². The average molecular weight is 267 g/mol. The van der Waals surface area contributed by atoms with Crippen molar-refractivity contribution in [2.24, 2.45) is 0 Å². The SMILES string of the molecule is COc1cccc(CNC2CCc3ccc(C)cc32)c1. The average Bonchev–Trinajstić information content (AvgIpc) is 2.87. The highest BCUT2D eigenvalue weighted by Crippen LogP contribution is 2.32. The number of hydrogen-bond donors (Lipinski definition) is 1. The Morgan fingerprint density at radius 3 is 2.95 bits per heavy atom. The number of benzene rings is 2. The molecular formula is C18H21NO. The maximum atomic E-state index is 5.27. The van der Waals surface area contributed by atoms with Crippen molar-refractivity contribution in [1.29, 1.82) is 0 Å². The third-order valence-corrected chi connectivity index (χ3v) is 4.07. The maximum absolute atomic E-state index is 5.27. The first-order valence-corrected chi connectivity index (χ1v) is 7.22. The first-order valence-electron chi connectivity index (χ1n) is 7.22. The molecule has 2 heteroatoms. The van der Waals surface area contributed by atoms with Gasteiger partial charge in [-0.05, 0) is 48.6 Å². The van der Waals surface area contributed by atoms with E-state index in [1.165, 1.54) is 35.1 Å². The Labute approximate surface area is 120 Å². The first-order chi connectivity index (χ1) is 9.76. The van der Waals surface area contributed by atoms with Gasteiger partial charge < -0.3 is 10.1 Å². The minimum absolute atomic E-state index is 0.483. The fraction of sp³-hybridized carbons (Fsp3) is 0.333. The molecule has 0 saturated heterocycles. The smallest absolute Gasteiger partial charge is 0.119 e. The Balaban J connectivity index is 1.70. The lowest BCUT2D eigenvalue weighted by Crippen LogP contribution is -2.18. The summed E-state index contributed by atoms with van der Waals surface area (Å²) in [6, 6.07) is 15.6. The summed E-state index contributed by atoms with van der Waals surface area (Å²) in [7, 11) is 1.71. The molecule has 0 bridgehead atoms. The Bertz CT molecular complexity index is 606.